The van der Waals surface area contributed by atoms with E-state index in [9.17, 15) is 27.9 Å². The average Bonchev–Trinajstić information content (AvgIpc) is 3.12. The van der Waals surface area contributed by atoms with Crippen LogP contribution < -0.4 is 15.3 Å². The first-order valence-electron chi connectivity index (χ1n) is 9.44. The van der Waals surface area contributed by atoms with Gasteiger partial charge < -0.3 is 25.0 Å². The molecule has 0 bridgehead atoms. The molecule has 1 atom stereocenters. The molecular weight excluding hydrogens is 449 g/mol. The minimum atomic E-state index is -4.80. The lowest BCUT2D eigenvalue weighted by molar-refractivity contribution is -0.274. The third-order valence-electron chi connectivity index (χ3n) is 4.51. The molecular formula is C20H19F3N4O6. The van der Waals surface area contributed by atoms with Crippen molar-refractivity contribution in [3.05, 3.63) is 70.9 Å². The third-order valence-corrected chi connectivity index (χ3v) is 4.51. The van der Waals surface area contributed by atoms with Gasteiger partial charge in [0.25, 0.3) is 0 Å². The van der Waals surface area contributed by atoms with Crippen molar-refractivity contribution in [2.45, 2.75) is 19.1 Å². The van der Waals surface area contributed by atoms with E-state index in [2.05, 4.69) is 9.84 Å². The molecule has 33 heavy (non-hydrogen) atoms. The van der Waals surface area contributed by atoms with Crippen molar-refractivity contribution >= 4 is 11.7 Å². The molecule has 0 spiro atoms. The van der Waals surface area contributed by atoms with Crippen molar-refractivity contribution in [3.63, 3.8) is 0 Å². The summed E-state index contributed by atoms with van der Waals surface area (Å²) >= 11 is 0. The topological polar surface area (TPSA) is 130 Å². The lowest BCUT2D eigenvalue weighted by atomic mass is 10.2. The number of aliphatic carboxylic acids is 1. The predicted octanol–water partition coefficient (Wildman–Crippen LogP) is 1.18. The van der Waals surface area contributed by atoms with Gasteiger partial charge in [-0.15, -0.1) is 13.2 Å². The zero-order valence-electron chi connectivity index (χ0n) is 16.9. The molecule has 0 amide bonds. The van der Waals surface area contributed by atoms with Crippen LogP contribution in [0.4, 0.5) is 18.9 Å². The highest BCUT2D eigenvalue weighted by atomic mass is 19.4. The van der Waals surface area contributed by atoms with Crippen LogP contribution in [0.25, 0.3) is 5.69 Å². The van der Waals surface area contributed by atoms with Gasteiger partial charge >= 0.3 is 18.0 Å². The maximum absolute atomic E-state index is 12.7. The number of aromatic nitrogens is 3. The number of nitrogens with zero attached hydrogens (tertiary/aromatic N) is 4. The summed E-state index contributed by atoms with van der Waals surface area (Å²) in [5.74, 6) is -1.59. The summed E-state index contributed by atoms with van der Waals surface area (Å²) in [5, 5.41) is 32.0. The van der Waals surface area contributed by atoms with Gasteiger partial charge in [-0.3, -0.25) is 4.79 Å². The Kier molecular flexibility index (Phi) is 7.04. The molecule has 0 aliphatic heterocycles. The Morgan fingerprint density at radius 1 is 1.12 bits per heavy atom. The van der Waals surface area contributed by atoms with Crippen molar-refractivity contribution in [2.24, 2.45) is 0 Å². The number of carboxylic acids is 1. The van der Waals surface area contributed by atoms with Crippen LogP contribution in [0.15, 0.2) is 59.7 Å². The smallest absolute Gasteiger partial charge is 0.480 e. The monoisotopic (exact) mass is 468 g/mol. The molecule has 1 aromatic heterocycles. The van der Waals surface area contributed by atoms with Crippen molar-refractivity contribution in [2.75, 3.05) is 18.1 Å². The first kappa shape index (κ1) is 23.8. The molecule has 1 heterocycles. The van der Waals surface area contributed by atoms with Crippen LogP contribution in [0.1, 0.15) is 5.56 Å². The van der Waals surface area contributed by atoms with E-state index in [0.717, 1.165) is 21.7 Å². The molecule has 1 unspecified atom stereocenters. The molecule has 0 saturated carbocycles. The van der Waals surface area contributed by atoms with Gasteiger partial charge in [-0.2, -0.15) is 5.10 Å². The Bertz CT molecular complexity index is 1140. The second-order valence-electron chi connectivity index (χ2n) is 6.83. The number of hydrogen-bond acceptors (Lipinski definition) is 7. The van der Waals surface area contributed by atoms with Gasteiger partial charge in [-0.1, -0.05) is 12.1 Å². The van der Waals surface area contributed by atoms with Crippen LogP contribution in [0.2, 0.25) is 0 Å². The Morgan fingerprint density at radius 3 is 2.30 bits per heavy atom. The van der Waals surface area contributed by atoms with Crippen LogP contribution >= 0.6 is 0 Å². The molecule has 176 valence electrons. The van der Waals surface area contributed by atoms with E-state index < -0.39 is 37.4 Å². The number of hydrogen-bond donors (Lipinski definition) is 3. The van der Waals surface area contributed by atoms with Crippen LogP contribution in [0, 0.1) is 0 Å². The van der Waals surface area contributed by atoms with Gasteiger partial charge in [0.2, 0.25) is 0 Å². The normalized spacial score (nSPS) is 12.4. The minimum absolute atomic E-state index is 0.00525. The fourth-order valence-electron chi connectivity index (χ4n) is 3.01. The lowest BCUT2D eigenvalue weighted by Gasteiger charge is -2.27. The SMILES string of the molecule is O=C(O)CN(c1ccc(-n2cnn(Cc3ccc(OC(F)(F)F)cc3)c2=O)cc1)C(O)CO. The van der Waals surface area contributed by atoms with Crippen molar-refractivity contribution < 1.29 is 38.0 Å². The summed E-state index contributed by atoms with van der Waals surface area (Å²) in [6, 6.07) is 11.0. The molecule has 10 nitrogen and oxygen atoms in total. The second kappa shape index (κ2) is 9.75. The molecule has 3 N–H and O–H groups in total. The molecule has 13 heteroatoms. The number of aliphatic hydroxyl groups excluding tert-OH is 2. The van der Waals surface area contributed by atoms with Gasteiger partial charge in [0.1, 0.15) is 18.6 Å². The van der Waals surface area contributed by atoms with E-state index in [-0.39, 0.29) is 12.3 Å². The second-order valence-corrected chi connectivity index (χ2v) is 6.83. The quantitative estimate of drug-likeness (QED) is 0.399. The Hall–Kier alpha value is -3.84. The highest BCUT2D eigenvalue weighted by Crippen LogP contribution is 2.23. The van der Waals surface area contributed by atoms with Gasteiger partial charge in [0, 0.05) is 5.69 Å². The number of carboxylic acid groups (broad SMARTS) is 1. The van der Waals surface area contributed by atoms with Crippen LogP contribution in [0.3, 0.4) is 0 Å². The summed E-state index contributed by atoms with van der Waals surface area (Å²) in [6.07, 6.45) is -4.96. The number of anilines is 1. The van der Waals surface area contributed by atoms with E-state index >= 15 is 0 Å². The summed E-state index contributed by atoms with van der Waals surface area (Å²) in [7, 11) is 0. The van der Waals surface area contributed by atoms with Crippen LogP contribution in [-0.4, -0.2) is 61.4 Å². The lowest BCUT2D eigenvalue weighted by Crippen LogP contribution is -2.41. The van der Waals surface area contributed by atoms with Gasteiger partial charge in [0.05, 0.1) is 18.8 Å². The fraction of sp³-hybridized carbons (Fsp3) is 0.250. The predicted molar refractivity (Wildman–Crippen MR) is 108 cm³/mol. The van der Waals surface area contributed by atoms with Gasteiger partial charge in [-0.25, -0.2) is 14.0 Å². The number of ether oxygens (including phenoxy) is 1. The summed E-state index contributed by atoms with van der Waals surface area (Å²) in [4.78, 5) is 24.8. The highest BCUT2D eigenvalue weighted by molar-refractivity contribution is 5.74. The Labute approximate surface area is 184 Å². The highest BCUT2D eigenvalue weighted by Gasteiger charge is 2.31. The maximum Gasteiger partial charge on any atom is 0.573 e. The van der Waals surface area contributed by atoms with Crippen LogP contribution in [0.5, 0.6) is 5.75 Å². The minimum Gasteiger partial charge on any atom is -0.480 e. The largest absolute Gasteiger partial charge is 0.573 e. The first-order valence-corrected chi connectivity index (χ1v) is 9.44. The third kappa shape index (κ3) is 6.11. The molecule has 3 aromatic rings. The van der Waals surface area contributed by atoms with Crippen molar-refractivity contribution in [1.82, 2.24) is 14.3 Å². The number of aliphatic hydroxyl groups is 2. The van der Waals surface area contributed by atoms with Gasteiger partial charge in [0.15, 0.2) is 6.23 Å². The number of alkyl halides is 3. The standard InChI is InChI=1S/C20H19F3N4O6/c21-20(22,23)33-16-7-1-13(2-8-16)9-27-19(32)26(12-24-27)15-5-3-14(4-6-15)25(10-18(30)31)17(29)11-28/h1-8,12,17,28-29H,9-11H2,(H,30,31). The van der Waals surface area contributed by atoms with Gasteiger partial charge in [-0.05, 0) is 42.0 Å². The van der Waals surface area contributed by atoms with Crippen molar-refractivity contribution in [1.29, 1.82) is 0 Å². The van der Waals surface area contributed by atoms with E-state index in [1.807, 2.05) is 0 Å². The first-order chi connectivity index (χ1) is 15.6. The summed E-state index contributed by atoms with van der Waals surface area (Å²) in [5.41, 5.74) is 0.715. The Balaban J connectivity index is 1.76. The summed E-state index contributed by atoms with van der Waals surface area (Å²) in [6.45, 7) is -1.22. The fourth-order valence-corrected chi connectivity index (χ4v) is 3.01. The number of halogens is 3. The summed E-state index contributed by atoms with van der Waals surface area (Å²) < 4.78 is 42.9. The van der Waals surface area contributed by atoms with E-state index in [1.54, 1.807) is 0 Å². The molecule has 0 aliphatic rings. The van der Waals surface area contributed by atoms with E-state index in [1.165, 1.54) is 47.3 Å². The van der Waals surface area contributed by atoms with E-state index in [4.69, 9.17) is 10.2 Å². The number of rotatable bonds is 9. The molecule has 0 fully saturated rings. The zero-order chi connectivity index (χ0) is 24.2. The van der Waals surface area contributed by atoms with Crippen LogP contribution in [-0.2, 0) is 11.3 Å². The van der Waals surface area contributed by atoms with Crippen molar-refractivity contribution in [3.8, 4) is 11.4 Å². The maximum atomic E-state index is 12.7. The molecule has 0 saturated heterocycles. The molecule has 3 rings (SSSR count). The Morgan fingerprint density at radius 2 is 1.76 bits per heavy atom. The molecule has 0 radical (unpaired) electrons. The zero-order valence-corrected chi connectivity index (χ0v) is 16.9. The van der Waals surface area contributed by atoms with E-state index in [0.29, 0.717) is 16.9 Å². The molecule has 0 aliphatic carbocycles. The molecule has 2 aromatic carbocycles. The average molecular weight is 468 g/mol. The number of carbonyl (C=O) groups is 1. The number of benzene rings is 2.